The van der Waals surface area contributed by atoms with Crippen LogP contribution in [0.1, 0.15) is 13.8 Å². The summed E-state index contributed by atoms with van der Waals surface area (Å²) in [6, 6.07) is 7.35. The summed E-state index contributed by atoms with van der Waals surface area (Å²) in [5.41, 5.74) is 0.831. The third kappa shape index (κ3) is 3.59. The largest absolute Gasteiger partial charge is 0.495 e. The summed E-state index contributed by atoms with van der Waals surface area (Å²) >= 11 is 0. The molecule has 1 aromatic carbocycles. The molecule has 1 fully saturated rings. The number of anilines is 1. The Balaban J connectivity index is 2.09. The molecular formula is C14H21NO4. The Hall–Kier alpha value is -1.30. The van der Waals surface area contributed by atoms with Gasteiger partial charge in [-0.3, -0.25) is 0 Å². The monoisotopic (exact) mass is 267 g/mol. The first-order valence-corrected chi connectivity index (χ1v) is 6.37. The van der Waals surface area contributed by atoms with Crippen LogP contribution in [-0.2, 0) is 9.47 Å². The van der Waals surface area contributed by atoms with Gasteiger partial charge in [0.1, 0.15) is 5.75 Å². The molecule has 0 aliphatic carbocycles. The van der Waals surface area contributed by atoms with Gasteiger partial charge >= 0.3 is 0 Å². The zero-order chi connectivity index (χ0) is 13.9. The molecule has 2 N–H and O–H groups in total. The van der Waals surface area contributed by atoms with Crippen molar-refractivity contribution in [3.8, 4) is 5.75 Å². The van der Waals surface area contributed by atoms with Crippen LogP contribution in [-0.4, -0.2) is 43.4 Å². The number of aliphatic hydroxyl groups is 1. The minimum absolute atomic E-state index is 0.236. The molecular weight excluding hydrogens is 246 g/mol. The molecule has 5 heteroatoms. The first kappa shape index (κ1) is 14.1. The van der Waals surface area contributed by atoms with E-state index < -0.39 is 11.9 Å². The highest BCUT2D eigenvalue weighted by molar-refractivity contribution is 5.56. The lowest BCUT2D eigenvalue weighted by Gasteiger charge is -2.23. The summed E-state index contributed by atoms with van der Waals surface area (Å²) in [5.74, 6) is 0.0668. The van der Waals surface area contributed by atoms with Gasteiger partial charge in [-0.2, -0.15) is 0 Å². The molecule has 0 bridgehead atoms. The molecule has 5 nitrogen and oxygen atoms in total. The number of ether oxygens (including phenoxy) is 3. The van der Waals surface area contributed by atoms with Gasteiger partial charge in [0.15, 0.2) is 5.79 Å². The second-order valence-corrected chi connectivity index (χ2v) is 5.04. The first-order chi connectivity index (χ1) is 9.02. The number of methoxy groups -OCH3 is 1. The van der Waals surface area contributed by atoms with E-state index in [4.69, 9.17) is 14.2 Å². The van der Waals surface area contributed by atoms with Crippen molar-refractivity contribution in [2.24, 2.45) is 0 Å². The molecule has 106 valence electrons. The lowest BCUT2D eigenvalue weighted by Crippen LogP contribution is -2.38. The van der Waals surface area contributed by atoms with E-state index in [1.54, 1.807) is 7.11 Å². The van der Waals surface area contributed by atoms with E-state index in [1.807, 2.05) is 38.1 Å². The third-order valence-electron chi connectivity index (χ3n) is 3.12. The van der Waals surface area contributed by atoms with Gasteiger partial charge in [-0.05, 0) is 26.0 Å². The Morgan fingerprint density at radius 1 is 1.26 bits per heavy atom. The lowest BCUT2D eigenvalue weighted by molar-refractivity contribution is -0.203. The van der Waals surface area contributed by atoms with Gasteiger partial charge in [-0.1, -0.05) is 12.1 Å². The van der Waals surface area contributed by atoms with Crippen molar-refractivity contribution in [1.29, 1.82) is 0 Å². The number of hydrogen-bond donors (Lipinski definition) is 2. The highest BCUT2D eigenvalue weighted by atomic mass is 16.7. The highest BCUT2D eigenvalue weighted by Crippen LogP contribution is 2.26. The van der Waals surface area contributed by atoms with Crippen molar-refractivity contribution in [3.63, 3.8) is 0 Å². The molecule has 1 aromatic rings. The smallest absolute Gasteiger partial charge is 0.162 e. The second kappa shape index (κ2) is 5.77. The third-order valence-corrected chi connectivity index (χ3v) is 3.12. The summed E-state index contributed by atoms with van der Waals surface area (Å²) in [5, 5.41) is 13.3. The standard InChI is InChI=1S/C14H21NO4/c1-14(2)18-8-11(12(16)9-19-14)15-10-6-4-5-7-13(10)17-3/h4-7,11-12,15-16H,8-9H2,1-3H3. The fraction of sp³-hybridized carbons (Fsp3) is 0.571. The zero-order valence-corrected chi connectivity index (χ0v) is 11.6. The maximum absolute atomic E-state index is 10.1. The predicted molar refractivity (Wildman–Crippen MR) is 72.4 cm³/mol. The van der Waals surface area contributed by atoms with E-state index >= 15 is 0 Å². The van der Waals surface area contributed by atoms with Gasteiger partial charge in [0, 0.05) is 0 Å². The van der Waals surface area contributed by atoms with E-state index in [0.717, 1.165) is 11.4 Å². The van der Waals surface area contributed by atoms with Crippen LogP contribution >= 0.6 is 0 Å². The number of rotatable bonds is 3. The van der Waals surface area contributed by atoms with Gasteiger partial charge in [0.05, 0.1) is 38.2 Å². The molecule has 2 atom stereocenters. The molecule has 0 saturated carbocycles. The summed E-state index contributed by atoms with van der Waals surface area (Å²) in [6.07, 6.45) is -0.633. The average Bonchev–Trinajstić information content (AvgIpc) is 2.52. The normalized spacial score (nSPS) is 26.5. The van der Waals surface area contributed by atoms with Crippen molar-refractivity contribution < 1.29 is 19.3 Å². The number of benzene rings is 1. The maximum Gasteiger partial charge on any atom is 0.162 e. The van der Waals surface area contributed by atoms with E-state index in [1.165, 1.54) is 0 Å². The van der Waals surface area contributed by atoms with Crippen molar-refractivity contribution in [3.05, 3.63) is 24.3 Å². The van der Waals surface area contributed by atoms with Crippen molar-refractivity contribution in [1.82, 2.24) is 0 Å². The topological polar surface area (TPSA) is 60.0 Å². The molecule has 2 rings (SSSR count). The van der Waals surface area contributed by atoms with Gasteiger partial charge in [0.2, 0.25) is 0 Å². The summed E-state index contributed by atoms with van der Waals surface area (Å²) in [4.78, 5) is 0. The molecule has 1 saturated heterocycles. The minimum Gasteiger partial charge on any atom is -0.495 e. The molecule has 0 radical (unpaired) electrons. The predicted octanol–water partition coefficient (Wildman–Crippen LogP) is 1.62. The Morgan fingerprint density at radius 2 is 1.95 bits per heavy atom. The molecule has 19 heavy (non-hydrogen) atoms. The van der Waals surface area contributed by atoms with Crippen LogP contribution in [0.3, 0.4) is 0 Å². The van der Waals surface area contributed by atoms with E-state index in [2.05, 4.69) is 5.32 Å². The Bertz CT molecular complexity index is 422. The van der Waals surface area contributed by atoms with Crippen LogP contribution in [0.15, 0.2) is 24.3 Å². The minimum atomic E-state index is -0.668. The van der Waals surface area contributed by atoms with Crippen LogP contribution in [0.25, 0.3) is 0 Å². The van der Waals surface area contributed by atoms with Crippen molar-refractivity contribution in [2.45, 2.75) is 31.8 Å². The Labute approximate surface area is 113 Å². The van der Waals surface area contributed by atoms with Gasteiger partial charge < -0.3 is 24.6 Å². The molecule has 0 amide bonds. The van der Waals surface area contributed by atoms with E-state index in [9.17, 15) is 5.11 Å². The van der Waals surface area contributed by atoms with Gasteiger partial charge in [-0.15, -0.1) is 0 Å². The molecule has 1 heterocycles. The zero-order valence-electron chi connectivity index (χ0n) is 11.6. The van der Waals surface area contributed by atoms with Gasteiger partial charge in [-0.25, -0.2) is 0 Å². The Kier molecular flexibility index (Phi) is 4.29. The van der Waals surface area contributed by atoms with Crippen LogP contribution < -0.4 is 10.1 Å². The fourth-order valence-electron chi connectivity index (χ4n) is 1.95. The van der Waals surface area contributed by atoms with E-state index in [-0.39, 0.29) is 12.6 Å². The average molecular weight is 267 g/mol. The van der Waals surface area contributed by atoms with Crippen LogP contribution in [0.4, 0.5) is 5.69 Å². The Morgan fingerprint density at radius 3 is 2.68 bits per heavy atom. The van der Waals surface area contributed by atoms with Crippen LogP contribution in [0.5, 0.6) is 5.75 Å². The summed E-state index contributed by atoms with van der Waals surface area (Å²) < 4.78 is 16.4. The number of hydrogen-bond acceptors (Lipinski definition) is 5. The maximum atomic E-state index is 10.1. The van der Waals surface area contributed by atoms with E-state index in [0.29, 0.717) is 6.61 Å². The van der Waals surface area contributed by atoms with Crippen LogP contribution in [0.2, 0.25) is 0 Å². The summed E-state index contributed by atoms with van der Waals surface area (Å²) in [6.45, 7) is 4.28. The number of aliphatic hydroxyl groups excluding tert-OH is 1. The summed E-state index contributed by atoms with van der Waals surface area (Å²) in [7, 11) is 1.62. The second-order valence-electron chi connectivity index (χ2n) is 5.04. The number of para-hydroxylation sites is 2. The molecule has 0 spiro atoms. The molecule has 1 aliphatic heterocycles. The van der Waals surface area contributed by atoms with Crippen LogP contribution in [0, 0.1) is 0 Å². The molecule has 2 unspecified atom stereocenters. The lowest BCUT2D eigenvalue weighted by atomic mass is 10.1. The fourth-order valence-corrected chi connectivity index (χ4v) is 1.95. The van der Waals surface area contributed by atoms with Crippen molar-refractivity contribution >= 4 is 5.69 Å². The molecule has 1 aliphatic rings. The first-order valence-electron chi connectivity index (χ1n) is 6.37. The van der Waals surface area contributed by atoms with Crippen molar-refractivity contribution in [2.75, 3.05) is 25.6 Å². The quantitative estimate of drug-likeness (QED) is 0.871. The number of nitrogens with one attached hydrogen (secondary N) is 1. The molecule has 0 aromatic heterocycles. The highest BCUT2D eigenvalue weighted by Gasteiger charge is 2.31. The van der Waals surface area contributed by atoms with Gasteiger partial charge in [0.25, 0.3) is 0 Å². The SMILES string of the molecule is COc1ccccc1NC1COC(C)(C)OCC1O.